The zero-order valence-corrected chi connectivity index (χ0v) is 9.59. The molecule has 5 nitrogen and oxygen atoms in total. The van der Waals surface area contributed by atoms with E-state index in [-0.39, 0.29) is 5.56 Å². The Kier molecular flexibility index (Phi) is 3.07. The number of aromatic carboxylic acids is 1. The lowest BCUT2D eigenvalue weighted by Gasteiger charge is -2.06. The third kappa shape index (κ3) is 2.15. The summed E-state index contributed by atoms with van der Waals surface area (Å²) in [6.07, 6.45) is 1.42. The van der Waals surface area contributed by atoms with Gasteiger partial charge in [0.25, 0.3) is 0 Å². The Bertz CT molecular complexity index is 513. The number of nitrogen functional groups attached to an aromatic ring is 1. The van der Waals surface area contributed by atoms with Gasteiger partial charge in [-0.2, -0.15) is 4.37 Å². The molecule has 0 saturated carbocycles. The highest BCUT2D eigenvalue weighted by Crippen LogP contribution is 2.35. The Morgan fingerprint density at radius 1 is 1.50 bits per heavy atom. The predicted octanol–water partition coefficient (Wildman–Crippen LogP) is 1.97. The zero-order valence-electron chi connectivity index (χ0n) is 7.95. The number of rotatable bonds is 3. The van der Waals surface area contributed by atoms with Crippen LogP contribution in [0.4, 0.5) is 5.69 Å². The fourth-order valence-corrected chi connectivity index (χ4v) is 2.67. The number of benzene rings is 1. The second-order valence-electron chi connectivity index (χ2n) is 2.84. The third-order valence-electron chi connectivity index (χ3n) is 1.81. The molecule has 0 spiro atoms. The van der Waals surface area contributed by atoms with Crippen molar-refractivity contribution in [3.8, 4) is 0 Å². The van der Waals surface area contributed by atoms with Crippen LogP contribution in [0.3, 0.4) is 0 Å². The molecule has 82 valence electrons. The van der Waals surface area contributed by atoms with Crippen LogP contribution in [-0.4, -0.2) is 20.4 Å². The van der Waals surface area contributed by atoms with E-state index in [4.69, 9.17) is 10.8 Å². The summed E-state index contributed by atoms with van der Waals surface area (Å²) in [6.45, 7) is 0. The van der Waals surface area contributed by atoms with Crippen LogP contribution in [0.1, 0.15) is 10.4 Å². The highest BCUT2D eigenvalue weighted by molar-refractivity contribution is 8.01. The molecule has 0 amide bonds. The first-order valence-corrected chi connectivity index (χ1v) is 5.84. The summed E-state index contributed by atoms with van der Waals surface area (Å²) >= 11 is 2.42. The third-order valence-corrected chi connectivity index (χ3v) is 3.68. The Labute approximate surface area is 99.5 Å². The summed E-state index contributed by atoms with van der Waals surface area (Å²) in [5, 5.41) is 9.02. The number of aromatic nitrogens is 2. The van der Waals surface area contributed by atoms with Crippen molar-refractivity contribution in [1.82, 2.24) is 9.36 Å². The van der Waals surface area contributed by atoms with Crippen molar-refractivity contribution in [1.29, 1.82) is 0 Å². The molecule has 0 fully saturated rings. The molecule has 0 radical (unpaired) electrons. The van der Waals surface area contributed by atoms with Crippen LogP contribution in [0.25, 0.3) is 0 Å². The molecule has 1 heterocycles. The minimum absolute atomic E-state index is 0.181. The summed E-state index contributed by atoms with van der Waals surface area (Å²) in [6, 6.07) is 4.79. The van der Waals surface area contributed by atoms with Crippen molar-refractivity contribution in [3.63, 3.8) is 0 Å². The minimum Gasteiger partial charge on any atom is -0.478 e. The van der Waals surface area contributed by atoms with E-state index in [1.807, 2.05) is 0 Å². The average molecular weight is 253 g/mol. The van der Waals surface area contributed by atoms with Gasteiger partial charge in [0, 0.05) is 5.69 Å². The van der Waals surface area contributed by atoms with Crippen molar-refractivity contribution in [3.05, 3.63) is 30.1 Å². The van der Waals surface area contributed by atoms with Crippen molar-refractivity contribution in [2.75, 3.05) is 5.73 Å². The topological polar surface area (TPSA) is 89.1 Å². The van der Waals surface area contributed by atoms with Gasteiger partial charge >= 0.3 is 5.97 Å². The molecule has 0 bridgehead atoms. The lowest BCUT2D eigenvalue weighted by molar-refractivity contribution is 0.0693. The molecule has 3 N–H and O–H groups in total. The Morgan fingerprint density at radius 2 is 2.31 bits per heavy atom. The molecule has 1 aromatic carbocycles. The lowest BCUT2D eigenvalue weighted by Crippen LogP contribution is -2.01. The fraction of sp³-hybridized carbons (Fsp3) is 0. The summed E-state index contributed by atoms with van der Waals surface area (Å²) in [4.78, 5) is 15.5. The van der Waals surface area contributed by atoms with Gasteiger partial charge in [-0.25, -0.2) is 9.78 Å². The van der Waals surface area contributed by atoms with Crippen LogP contribution >= 0.6 is 23.3 Å². The molecule has 2 aromatic rings. The molecule has 16 heavy (non-hydrogen) atoms. The number of hydrogen-bond donors (Lipinski definition) is 2. The zero-order chi connectivity index (χ0) is 11.5. The SMILES string of the molecule is Nc1cccc(C(=O)O)c1Sc1ncns1. The molecule has 0 aliphatic carbocycles. The maximum atomic E-state index is 11.0. The maximum absolute atomic E-state index is 11.0. The van der Waals surface area contributed by atoms with E-state index in [2.05, 4.69) is 9.36 Å². The molecule has 0 unspecified atom stereocenters. The van der Waals surface area contributed by atoms with Crippen LogP contribution < -0.4 is 5.73 Å². The molecular weight excluding hydrogens is 246 g/mol. The Morgan fingerprint density at radius 3 is 2.94 bits per heavy atom. The highest BCUT2D eigenvalue weighted by atomic mass is 32.2. The quantitative estimate of drug-likeness (QED) is 0.813. The standard InChI is InChI=1S/C9H7N3O2S2/c10-6-3-1-2-5(8(13)14)7(6)15-9-11-4-12-16-9/h1-4H,10H2,(H,13,14). The molecule has 0 aliphatic heterocycles. The van der Waals surface area contributed by atoms with Gasteiger partial charge in [0.05, 0.1) is 10.5 Å². The number of carboxylic acid groups (broad SMARTS) is 1. The smallest absolute Gasteiger partial charge is 0.336 e. The number of nitrogens with two attached hydrogens (primary N) is 1. The van der Waals surface area contributed by atoms with Crippen molar-refractivity contribution in [2.45, 2.75) is 9.24 Å². The van der Waals surface area contributed by atoms with Crippen LogP contribution in [0.2, 0.25) is 0 Å². The van der Waals surface area contributed by atoms with E-state index in [1.165, 1.54) is 35.7 Å². The first kappa shape index (κ1) is 10.9. The van der Waals surface area contributed by atoms with E-state index < -0.39 is 5.97 Å². The Hall–Kier alpha value is -1.60. The van der Waals surface area contributed by atoms with Gasteiger partial charge in [0.2, 0.25) is 0 Å². The molecule has 1 aromatic heterocycles. The second-order valence-corrected chi connectivity index (χ2v) is 4.88. The molecule has 0 saturated heterocycles. The largest absolute Gasteiger partial charge is 0.478 e. The van der Waals surface area contributed by atoms with Gasteiger partial charge < -0.3 is 10.8 Å². The summed E-state index contributed by atoms with van der Waals surface area (Å²) in [5.41, 5.74) is 6.36. The lowest BCUT2D eigenvalue weighted by atomic mass is 10.2. The average Bonchev–Trinajstić information content (AvgIpc) is 2.73. The number of anilines is 1. The minimum atomic E-state index is -1.00. The van der Waals surface area contributed by atoms with Crippen molar-refractivity contribution < 1.29 is 9.90 Å². The summed E-state index contributed by atoms with van der Waals surface area (Å²) < 4.78 is 4.51. The molecule has 0 aliphatic rings. The van der Waals surface area contributed by atoms with Crippen LogP contribution in [-0.2, 0) is 0 Å². The van der Waals surface area contributed by atoms with Gasteiger partial charge in [0.15, 0.2) is 4.34 Å². The number of carbonyl (C=O) groups is 1. The second kappa shape index (κ2) is 4.50. The first-order chi connectivity index (χ1) is 7.68. The molecule has 0 atom stereocenters. The summed E-state index contributed by atoms with van der Waals surface area (Å²) in [7, 11) is 0. The normalized spacial score (nSPS) is 10.2. The van der Waals surface area contributed by atoms with E-state index in [1.54, 1.807) is 12.1 Å². The van der Waals surface area contributed by atoms with Crippen LogP contribution in [0, 0.1) is 0 Å². The van der Waals surface area contributed by atoms with Gasteiger partial charge in [0.1, 0.15) is 6.33 Å². The summed E-state index contributed by atoms with van der Waals surface area (Å²) in [5.74, 6) is -1.00. The molecular formula is C9H7N3O2S2. The number of hydrogen-bond acceptors (Lipinski definition) is 6. The van der Waals surface area contributed by atoms with E-state index in [0.29, 0.717) is 14.9 Å². The molecule has 2 rings (SSSR count). The monoisotopic (exact) mass is 253 g/mol. The van der Waals surface area contributed by atoms with Gasteiger partial charge in [-0.15, -0.1) is 0 Å². The number of carboxylic acids is 1. The molecule has 7 heteroatoms. The van der Waals surface area contributed by atoms with Crippen LogP contribution in [0.5, 0.6) is 0 Å². The Balaban J connectivity index is 2.42. The van der Waals surface area contributed by atoms with Gasteiger partial charge in [-0.3, -0.25) is 0 Å². The van der Waals surface area contributed by atoms with Crippen LogP contribution in [0.15, 0.2) is 33.8 Å². The number of nitrogens with zero attached hydrogens (tertiary/aromatic N) is 2. The van der Waals surface area contributed by atoms with E-state index >= 15 is 0 Å². The maximum Gasteiger partial charge on any atom is 0.336 e. The fourth-order valence-electron chi connectivity index (χ4n) is 1.13. The highest BCUT2D eigenvalue weighted by Gasteiger charge is 2.14. The predicted molar refractivity (Wildman–Crippen MR) is 61.8 cm³/mol. The van der Waals surface area contributed by atoms with Crippen molar-refractivity contribution >= 4 is 35.0 Å². The van der Waals surface area contributed by atoms with Gasteiger partial charge in [-0.05, 0) is 23.7 Å². The van der Waals surface area contributed by atoms with Gasteiger partial charge in [-0.1, -0.05) is 17.8 Å². The van der Waals surface area contributed by atoms with Crippen molar-refractivity contribution in [2.24, 2.45) is 0 Å². The first-order valence-electron chi connectivity index (χ1n) is 4.25. The van der Waals surface area contributed by atoms with E-state index in [0.717, 1.165) is 0 Å². The van der Waals surface area contributed by atoms with E-state index in [9.17, 15) is 4.79 Å².